The van der Waals surface area contributed by atoms with E-state index < -0.39 is 20.9 Å². The highest BCUT2D eigenvalue weighted by atomic mass is 32.2. The first kappa shape index (κ1) is 32.6. The average Bonchev–Trinajstić information content (AvgIpc) is 3.86. The van der Waals surface area contributed by atoms with Gasteiger partial charge in [0, 0.05) is 43.1 Å². The minimum absolute atomic E-state index is 0.0532. The summed E-state index contributed by atoms with van der Waals surface area (Å²) >= 11 is 0. The minimum Gasteiger partial charge on any atom is -0.491 e. The van der Waals surface area contributed by atoms with Crippen LogP contribution in [0.25, 0.3) is 5.69 Å². The van der Waals surface area contributed by atoms with Crippen molar-refractivity contribution in [2.24, 2.45) is 0 Å². The second kappa shape index (κ2) is 13.5. The van der Waals surface area contributed by atoms with Crippen LogP contribution in [0.5, 0.6) is 5.75 Å². The number of rotatable bonds is 11. The van der Waals surface area contributed by atoms with Gasteiger partial charge in [-0.15, -0.1) is 0 Å². The molecule has 0 amide bonds. The van der Waals surface area contributed by atoms with Crippen LogP contribution in [0.4, 0.5) is 11.4 Å². The molecule has 0 saturated carbocycles. The molecule has 4 heterocycles. The standard InChI is InChI=1S/C35H40N8O5S/c1-3-27(2)43-34(44)41(26-38-43)31-11-9-29(10-12-31)39-19-21-40(22-20-39)30-13-15-32(16-14-30)47-23-33-24-49(45,46)35(48-33,25-42-36-17-18-37-42)28-7-5-4-6-8-28/h4-18,26-27,33H,3,19-25H2,1-2H3/t27?,33-,35+/m1/s1. The summed E-state index contributed by atoms with van der Waals surface area (Å²) in [5, 5.41) is 12.6. The second-order valence-electron chi connectivity index (χ2n) is 12.5. The number of ether oxygens (including phenoxy) is 2. The lowest BCUT2D eigenvalue weighted by atomic mass is 10.1. The molecule has 256 valence electrons. The molecule has 2 saturated heterocycles. The first-order valence-electron chi connectivity index (χ1n) is 16.6. The van der Waals surface area contributed by atoms with Gasteiger partial charge in [-0.05, 0) is 61.9 Å². The Balaban J connectivity index is 0.942. The van der Waals surface area contributed by atoms with Gasteiger partial charge in [-0.25, -0.2) is 22.5 Å². The molecule has 3 aromatic carbocycles. The lowest BCUT2D eigenvalue weighted by molar-refractivity contribution is -0.0446. The average molecular weight is 685 g/mol. The van der Waals surface area contributed by atoms with Crippen molar-refractivity contribution in [3.8, 4) is 11.4 Å². The molecular formula is C35H40N8O5S. The smallest absolute Gasteiger partial charge is 0.350 e. The fourth-order valence-corrected chi connectivity index (χ4v) is 8.49. The zero-order valence-electron chi connectivity index (χ0n) is 27.6. The number of hydrogen-bond donors (Lipinski definition) is 0. The Morgan fingerprint density at radius 3 is 2.06 bits per heavy atom. The number of nitrogens with zero attached hydrogens (tertiary/aromatic N) is 8. The molecule has 2 fully saturated rings. The molecule has 49 heavy (non-hydrogen) atoms. The predicted octanol–water partition coefficient (Wildman–Crippen LogP) is 3.67. The maximum absolute atomic E-state index is 13.6. The Kier molecular flexibility index (Phi) is 8.99. The summed E-state index contributed by atoms with van der Waals surface area (Å²) in [5.74, 6) is 0.471. The first-order chi connectivity index (χ1) is 23.8. The third kappa shape index (κ3) is 6.45. The third-order valence-electron chi connectivity index (χ3n) is 9.41. The van der Waals surface area contributed by atoms with Gasteiger partial charge in [0.1, 0.15) is 31.3 Å². The number of aromatic nitrogens is 6. The van der Waals surface area contributed by atoms with Crippen LogP contribution >= 0.6 is 0 Å². The Morgan fingerprint density at radius 1 is 0.857 bits per heavy atom. The van der Waals surface area contributed by atoms with Gasteiger partial charge >= 0.3 is 5.69 Å². The number of benzene rings is 3. The summed E-state index contributed by atoms with van der Waals surface area (Å²) in [6, 6.07) is 24.9. The Morgan fingerprint density at radius 2 is 1.45 bits per heavy atom. The van der Waals surface area contributed by atoms with Gasteiger partial charge in [-0.1, -0.05) is 37.3 Å². The van der Waals surface area contributed by atoms with E-state index in [-0.39, 0.29) is 30.6 Å². The van der Waals surface area contributed by atoms with Gasteiger partial charge in [0.15, 0.2) is 9.84 Å². The van der Waals surface area contributed by atoms with Crippen LogP contribution in [0.3, 0.4) is 0 Å². The molecular weight excluding hydrogens is 645 g/mol. The van der Waals surface area contributed by atoms with Crippen molar-refractivity contribution in [1.82, 2.24) is 29.3 Å². The molecule has 1 unspecified atom stereocenters. The summed E-state index contributed by atoms with van der Waals surface area (Å²) in [5.41, 5.74) is 3.42. The molecule has 13 nitrogen and oxygen atoms in total. The van der Waals surface area contributed by atoms with E-state index in [9.17, 15) is 13.2 Å². The summed E-state index contributed by atoms with van der Waals surface area (Å²) in [6.07, 6.45) is 4.80. The maximum Gasteiger partial charge on any atom is 0.350 e. The largest absolute Gasteiger partial charge is 0.491 e. The van der Waals surface area contributed by atoms with E-state index in [4.69, 9.17) is 9.47 Å². The predicted molar refractivity (Wildman–Crippen MR) is 186 cm³/mol. The highest BCUT2D eigenvalue weighted by Crippen LogP contribution is 2.41. The van der Waals surface area contributed by atoms with Crippen molar-refractivity contribution in [1.29, 1.82) is 0 Å². The lowest BCUT2D eigenvalue weighted by Crippen LogP contribution is -2.46. The molecule has 14 heteroatoms. The molecule has 3 atom stereocenters. The minimum atomic E-state index is -3.73. The van der Waals surface area contributed by atoms with E-state index in [0.717, 1.165) is 49.7 Å². The van der Waals surface area contributed by atoms with Crippen LogP contribution in [-0.4, -0.2) is 82.4 Å². The van der Waals surface area contributed by atoms with Gasteiger partial charge in [0.25, 0.3) is 0 Å². The van der Waals surface area contributed by atoms with E-state index in [1.165, 1.54) is 21.9 Å². The normalized spacial score (nSPS) is 21.1. The quantitative estimate of drug-likeness (QED) is 0.203. The van der Waals surface area contributed by atoms with E-state index in [1.807, 2.05) is 56.3 Å². The lowest BCUT2D eigenvalue weighted by Gasteiger charge is -2.37. The van der Waals surface area contributed by atoms with Gasteiger partial charge < -0.3 is 19.3 Å². The van der Waals surface area contributed by atoms with E-state index >= 15 is 0 Å². The number of sulfone groups is 1. The van der Waals surface area contributed by atoms with E-state index in [1.54, 1.807) is 35.2 Å². The zero-order chi connectivity index (χ0) is 34.0. The van der Waals surface area contributed by atoms with Crippen molar-refractivity contribution in [3.05, 3.63) is 114 Å². The van der Waals surface area contributed by atoms with Crippen molar-refractivity contribution in [2.45, 2.75) is 43.9 Å². The van der Waals surface area contributed by atoms with Gasteiger partial charge in [-0.3, -0.25) is 0 Å². The molecule has 2 aliphatic rings. The molecule has 2 aromatic heterocycles. The second-order valence-corrected chi connectivity index (χ2v) is 14.7. The molecule has 0 spiro atoms. The third-order valence-corrected chi connectivity index (χ3v) is 11.7. The molecule has 0 N–H and O–H groups in total. The van der Waals surface area contributed by atoms with Crippen molar-refractivity contribution >= 4 is 21.2 Å². The van der Waals surface area contributed by atoms with E-state index in [0.29, 0.717) is 11.3 Å². The van der Waals surface area contributed by atoms with Crippen molar-refractivity contribution < 1.29 is 17.9 Å². The fourth-order valence-electron chi connectivity index (χ4n) is 6.47. The SMILES string of the molecule is CCC(C)n1ncn(-c2ccc(N3CCN(c4ccc(OC[C@@H]5CS(=O)(=O)[C@@](Cn6nccn6)(c6ccccc6)O5)cc4)CC3)cc2)c1=O. The Bertz CT molecular complexity index is 2010. The molecule has 2 aliphatic heterocycles. The maximum atomic E-state index is 13.6. The molecule has 5 aromatic rings. The van der Waals surface area contributed by atoms with Crippen LogP contribution in [-0.2, 0) is 26.1 Å². The summed E-state index contributed by atoms with van der Waals surface area (Å²) in [4.78, 5) is 17.2. The van der Waals surface area contributed by atoms with Crippen LogP contribution in [0.2, 0.25) is 0 Å². The fraction of sp³-hybridized carbons (Fsp3) is 0.371. The summed E-state index contributed by atoms with van der Waals surface area (Å²) < 4.78 is 42.7. The van der Waals surface area contributed by atoms with E-state index in [2.05, 4.69) is 37.2 Å². The number of piperazine rings is 1. The number of anilines is 2. The molecule has 0 radical (unpaired) electrons. The summed E-state index contributed by atoms with van der Waals surface area (Å²) in [6.45, 7) is 7.48. The molecule has 0 aliphatic carbocycles. The van der Waals surface area contributed by atoms with Gasteiger partial charge in [0.05, 0.1) is 29.9 Å². The first-order valence-corrected chi connectivity index (χ1v) is 18.2. The van der Waals surface area contributed by atoms with Crippen LogP contribution < -0.4 is 20.2 Å². The van der Waals surface area contributed by atoms with Crippen LogP contribution in [0.1, 0.15) is 31.9 Å². The Hall–Kier alpha value is -4.95. The molecule has 7 rings (SSSR count). The summed E-state index contributed by atoms with van der Waals surface area (Å²) in [7, 11) is -3.73. The number of hydrogen-bond acceptors (Lipinski definition) is 10. The highest BCUT2D eigenvalue weighted by Gasteiger charge is 2.55. The topological polar surface area (TPSA) is 130 Å². The van der Waals surface area contributed by atoms with Crippen LogP contribution in [0, 0.1) is 0 Å². The van der Waals surface area contributed by atoms with Crippen LogP contribution in [0.15, 0.2) is 102 Å². The highest BCUT2D eigenvalue weighted by molar-refractivity contribution is 7.92. The molecule has 0 bridgehead atoms. The van der Waals surface area contributed by atoms with Crippen molar-refractivity contribution in [3.63, 3.8) is 0 Å². The van der Waals surface area contributed by atoms with Gasteiger partial charge in [0.2, 0.25) is 4.93 Å². The monoisotopic (exact) mass is 684 g/mol. The Labute approximate surface area is 285 Å². The zero-order valence-corrected chi connectivity index (χ0v) is 28.4. The van der Waals surface area contributed by atoms with Crippen molar-refractivity contribution in [2.75, 3.05) is 48.3 Å². The van der Waals surface area contributed by atoms with Gasteiger partial charge in [-0.2, -0.15) is 20.1 Å².